The van der Waals surface area contributed by atoms with Crippen LogP contribution in [0.2, 0.25) is 0 Å². The molecule has 2 nitrogen and oxygen atoms in total. The molecule has 1 heterocycles. The molecule has 2 heteroatoms. The number of hydrogen-bond acceptors (Lipinski definition) is 2. The van der Waals surface area contributed by atoms with Gasteiger partial charge in [0.1, 0.15) is 0 Å². The Hall–Kier alpha value is -0.0800. The summed E-state index contributed by atoms with van der Waals surface area (Å²) in [5.74, 6) is 1.96. The van der Waals surface area contributed by atoms with Crippen molar-refractivity contribution in [2.75, 3.05) is 26.2 Å². The molecule has 2 aliphatic rings. The Bertz CT molecular complexity index is 193. The summed E-state index contributed by atoms with van der Waals surface area (Å²) in [5, 5.41) is 3.75. The molecule has 1 unspecified atom stereocenters. The summed E-state index contributed by atoms with van der Waals surface area (Å²) in [5.41, 5.74) is 0. The van der Waals surface area contributed by atoms with E-state index in [1.54, 1.807) is 0 Å². The normalized spacial score (nSPS) is 25.9. The van der Waals surface area contributed by atoms with Gasteiger partial charge in [-0.3, -0.25) is 0 Å². The highest BCUT2D eigenvalue weighted by Crippen LogP contribution is 2.33. The van der Waals surface area contributed by atoms with Crippen molar-refractivity contribution < 1.29 is 0 Å². The summed E-state index contributed by atoms with van der Waals surface area (Å²) in [7, 11) is 0. The highest BCUT2D eigenvalue weighted by atomic mass is 15.1. The molecule has 16 heavy (non-hydrogen) atoms. The molecule has 1 N–H and O–H groups in total. The Kier molecular flexibility index (Phi) is 4.66. The maximum Gasteiger partial charge on any atom is 0.0107 e. The van der Waals surface area contributed by atoms with Crippen LogP contribution in [0, 0.1) is 11.8 Å². The molecule has 0 bridgehead atoms. The molecule has 1 aliphatic carbocycles. The smallest absolute Gasteiger partial charge is 0.0107 e. The Morgan fingerprint density at radius 1 is 1.19 bits per heavy atom. The van der Waals surface area contributed by atoms with Crippen molar-refractivity contribution in [3.05, 3.63) is 0 Å². The number of hydrogen-bond donors (Lipinski definition) is 1. The molecule has 2 rings (SSSR count). The predicted octanol–water partition coefficient (Wildman–Crippen LogP) is 2.50. The molecule has 0 aromatic heterocycles. The standard InChI is InChI=1S/C14H28N2/c1-3-14(13-4-5-13)15-8-11-16-9-6-12(2)7-10-16/h12-15H,3-11H2,1-2H3. The summed E-state index contributed by atoms with van der Waals surface area (Å²) in [6, 6.07) is 0.809. The van der Waals surface area contributed by atoms with E-state index in [9.17, 15) is 0 Å². The molecular formula is C14H28N2. The van der Waals surface area contributed by atoms with E-state index in [-0.39, 0.29) is 0 Å². The van der Waals surface area contributed by atoms with Crippen LogP contribution in [0.4, 0.5) is 0 Å². The average Bonchev–Trinajstić information content (AvgIpc) is 3.11. The van der Waals surface area contributed by atoms with E-state index in [1.165, 1.54) is 58.3 Å². The van der Waals surface area contributed by atoms with E-state index in [0.29, 0.717) is 0 Å². The Balaban J connectivity index is 1.56. The van der Waals surface area contributed by atoms with Gasteiger partial charge in [-0.2, -0.15) is 0 Å². The SMILES string of the molecule is CCC(NCCN1CCC(C)CC1)C1CC1. The maximum absolute atomic E-state index is 3.75. The Morgan fingerprint density at radius 2 is 1.88 bits per heavy atom. The van der Waals surface area contributed by atoms with Crippen LogP contribution in [0.3, 0.4) is 0 Å². The lowest BCUT2D eigenvalue weighted by Gasteiger charge is -2.30. The molecule has 1 saturated heterocycles. The Labute approximate surface area is 101 Å². The first-order valence-electron chi connectivity index (χ1n) is 7.25. The van der Waals surface area contributed by atoms with Crippen molar-refractivity contribution in [2.45, 2.75) is 52.0 Å². The first-order chi connectivity index (χ1) is 7.79. The minimum atomic E-state index is 0.809. The van der Waals surface area contributed by atoms with Crippen molar-refractivity contribution in [3.63, 3.8) is 0 Å². The Morgan fingerprint density at radius 3 is 2.44 bits per heavy atom. The lowest BCUT2D eigenvalue weighted by molar-refractivity contribution is 0.190. The van der Waals surface area contributed by atoms with E-state index in [2.05, 4.69) is 24.1 Å². The number of piperidine rings is 1. The molecule has 0 radical (unpaired) electrons. The zero-order chi connectivity index (χ0) is 11.4. The summed E-state index contributed by atoms with van der Waals surface area (Å²) in [4.78, 5) is 2.63. The van der Waals surface area contributed by atoms with Crippen LogP contribution in [0.1, 0.15) is 46.0 Å². The largest absolute Gasteiger partial charge is 0.312 e. The van der Waals surface area contributed by atoms with E-state index in [4.69, 9.17) is 0 Å². The monoisotopic (exact) mass is 224 g/mol. The van der Waals surface area contributed by atoms with Gasteiger partial charge in [-0.05, 0) is 57.0 Å². The van der Waals surface area contributed by atoms with Crippen molar-refractivity contribution >= 4 is 0 Å². The lowest BCUT2D eigenvalue weighted by atomic mass is 9.99. The number of nitrogens with zero attached hydrogens (tertiary/aromatic N) is 1. The fourth-order valence-corrected chi connectivity index (χ4v) is 2.84. The molecule has 1 aliphatic heterocycles. The fraction of sp³-hybridized carbons (Fsp3) is 1.00. The van der Waals surface area contributed by atoms with Crippen LogP contribution in [0.15, 0.2) is 0 Å². The van der Waals surface area contributed by atoms with Gasteiger partial charge in [-0.25, -0.2) is 0 Å². The van der Waals surface area contributed by atoms with Crippen LogP contribution >= 0.6 is 0 Å². The van der Waals surface area contributed by atoms with Crippen LogP contribution in [0.5, 0.6) is 0 Å². The molecule has 0 amide bonds. The third-order valence-corrected chi connectivity index (χ3v) is 4.34. The second-order valence-corrected chi connectivity index (χ2v) is 5.83. The first kappa shape index (κ1) is 12.4. The second kappa shape index (κ2) is 6.02. The molecule has 1 atom stereocenters. The van der Waals surface area contributed by atoms with E-state index < -0.39 is 0 Å². The van der Waals surface area contributed by atoms with E-state index >= 15 is 0 Å². The molecule has 0 spiro atoms. The molecular weight excluding hydrogens is 196 g/mol. The molecule has 0 aromatic rings. The van der Waals surface area contributed by atoms with Crippen LogP contribution < -0.4 is 5.32 Å². The lowest BCUT2D eigenvalue weighted by Crippen LogP contribution is -2.41. The zero-order valence-corrected chi connectivity index (χ0v) is 11.0. The minimum absolute atomic E-state index is 0.809. The highest BCUT2D eigenvalue weighted by molar-refractivity contribution is 4.85. The topological polar surface area (TPSA) is 15.3 Å². The fourth-order valence-electron chi connectivity index (χ4n) is 2.84. The molecule has 0 aromatic carbocycles. The quantitative estimate of drug-likeness (QED) is 0.746. The van der Waals surface area contributed by atoms with Gasteiger partial charge in [-0.15, -0.1) is 0 Å². The number of nitrogens with one attached hydrogen (secondary N) is 1. The predicted molar refractivity (Wildman–Crippen MR) is 69.6 cm³/mol. The first-order valence-corrected chi connectivity index (χ1v) is 7.25. The van der Waals surface area contributed by atoms with E-state index in [1.807, 2.05) is 0 Å². The summed E-state index contributed by atoms with van der Waals surface area (Å²) in [6.07, 6.45) is 7.04. The summed E-state index contributed by atoms with van der Waals surface area (Å²) in [6.45, 7) is 9.81. The third-order valence-electron chi connectivity index (χ3n) is 4.34. The van der Waals surface area contributed by atoms with Gasteiger partial charge in [0.2, 0.25) is 0 Å². The average molecular weight is 224 g/mol. The minimum Gasteiger partial charge on any atom is -0.312 e. The van der Waals surface area contributed by atoms with Crippen molar-refractivity contribution in [1.82, 2.24) is 10.2 Å². The van der Waals surface area contributed by atoms with Crippen LogP contribution in [-0.2, 0) is 0 Å². The van der Waals surface area contributed by atoms with Gasteiger partial charge < -0.3 is 10.2 Å². The van der Waals surface area contributed by atoms with Crippen molar-refractivity contribution in [1.29, 1.82) is 0 Å². The van der Waals surface area contributed by atoms with Gasteiger partial charge in [0.05, 0.1) is 0 Å². The summed E-state index contributed by atoms with van der Waals surface area (Å²) >= 11 is 0. The molecule has 94 valence electrons. The van der Waals surface area contributed by atoms with Crippen LogP contribution in [0.25, 0.3) is 0 Å². The van der Waals surface area contributed by atoms with Gasteiger partial charge in [0.15, 0.2) is 0 Å². The summed E-state index contributed by atoms with van der Waals surface area (Å²) < 4.78 is 0. The van der Waals surface area contributed by atoms with Gasteiger partial charge in [0, 0.05) is 19.1 Å². The van der Waals surface area contributed by atoms with Crippen molar-refractivity contribution in [2.24, 2.45) is 11.8 Å². The number of rotatable bonds is 6. The maximum atomic E-state index is 3.75. The van der Waals surface area contributed by atoms with Crippen LogP contribution in [-0.4, -0.2) is 37.1 Å². The van der Waals surface area contributed by atoms with Gasteiger partial charge >= 0.3 is 0 Å². The van der Waals surface area contributed by atoms with Gasteiger partial charge in [0.25, 0.3) is 0 Å². The number of likely N-dealkylation sites (tertiary alicyclic amines) is 1. The third kappa shape index (κ3) is 3.74. The highest BCUT2D eigenvalue weighted by Gasteiger charge is 2.29. The molecule has 1 saturated carbocycles. The molecule has 2 fully saturated rings. The van der Waals surface area contributed by atoms with E-state index in [0.717, 1.165) is 17.9 Å². The van der Waals surface area contributed by atoms with Gasteiger partial charge in [-0.1, -0.05) is 13.8 Å². The second-order valence-electron chi connectivity index (χ2n) is 5.83. The van der Waals surface area contributed by atoms with Crippen molar-refractivity contribution in [3.8, 4) is 0 Å². The zero-order valence-electron chi connectivity index (χ0n) is 11.0.